The molecule has 1 atom stereocenters. The molecule has 152 valence electrons. The number of halogens is 2. The van der Waals surface area contributed by atoms with Crippen LogP contribution in [0.2, 0.25) is 5.02 Å². The number of carbonyl (C=O) groups is 1. The molecular weight excluding hydrogens is 411 g/mol. The molecule has 2 rings (SSSR count). The second-order valence-corrected chi connectivity index (χ2v) is 8.04. The predicted octanol–water partition coefficient (Wildman–Crippen LogP) is 2.81. The first-order valence-corrected chi connectivity index (χ1v) is 10.1. The fourth-order valence-corrected chi connectivity index (χ4v) is 3.65. The van der Waals surface area contributed by atoms with E-state index in [4.69, 9.17) is 21.1 Å². The number of nitrogens with one attached hydrogen (secondary N) is 2. The van der Waals surface area contributed by atoms with Gasteiger partial charge in [-0.1, -0.05) is 11.6 Å². The lowest BCUT2D eigenvalue weighted by Crippen LogP contribution is -2.35. The van der Waals surface area contributed by atoms with Crippen LogP contribution in [0.1, 0.15) is 6.92 Å². The molecule has 0 aliphatic rings. The molecule has 0 radical (unpaired) electrons. The van der Waals surface area contributed by atoms with Crippen molar-refractivity contribution in [2.45, 2.75) is 17.9 Å². The maximum absolute atomic E-state index is 13.1. The molecular formula is C18H20ClFN2O5S. The average Bonchev–Trinajstić information content (AvgIpc) is 2.63. The Bertz CT molecular complexity index is 922. The number of benzene rings is 2. The smallest absolute Gasteiger partial charge is 0.262 e. The van der Waals surface area contributed by atoms with Gasteiger partial charge in [-0.25, -0.2) is 17.5 Å². The molecule has 0 saturated heterocycles. The Morgan fingerprint density at radius 1 is 1.21 bits per heavy atom. The highest BCUT2D eigenvalue weighted by molar-refractivity contribution is 7.89. The number of methoxy groups -OCH3 is 1. The summed E-state index contributed by atoms with van der Waals surface area (Å²) in [5, 5.41) is 2.46. The van der Waals surface area contributed by atoms with Crippen LogP contribution in [0.4, 0.5) is 10.1 Å². The van der Waals surface area contributed by atoms with Crippen LogP contribution < -0.4 is 14.8 Å². The lowest BCUT2D eigenvalue weighted by Gasteiger charge is -2.13. The second kappa shape index (κ2) is 9.83. The minimum Gasteiger partial charge on any atom is -0.484 e. The molecule has 2 N–H and O–H groups in total. The SMILES string of the molecule is COC[C@H](C)NS(=O)(=O)c1ccc(NC(=O)COc2ccc(F)c(Cl)c2)cc1. The Kier molecular flexibility index (Phi) is 7.76. The van der Waals surface area contributed by atoms with Crippen LogP contribution in [-0.4, -0.2) is 40.7 Å². The van der Waals surface area contributed by atoms with Crippen molar-refractivity contribution in [2.24, 2.45) is 0 Å². The summed E-state index contributed by atoms with van der Waals surface area (Å²) in [5.41, 5.74) is 0.398. The molecule has 0 fully saturated rings. The van der Waals surface area contributed by atoms with Gasteiger partial charge in [-0.05, 0) is 43.3 Å². The summed E-state index contributed by atoms with van der Waals surface area (Å²) in [6.45, 7) is 1.61. The minimum atomic E-state index is -3.69. The summed E-state index contributed by atoms with van der Waals surface area (Å²) in [5.74, 6) is -0.804. The zero-order valence-electron chi connectivity index (χ0n) is 15.2. The zero-order valence-corrected chi connectivity index (χ0v) is 16.8. The lowest BCUT2D eigenvalue weighted by atomic mass is 10.3. The van der Waals surface area contributed by atoms with E-state index in [-0.39, 0.29) is 34.9 Å². The highest BCUT2D eigenvalue weighted by atomic mass is 35.5. The molecule has 2 aromatic carbocycles. The molecule has 0 aliphatic carbocycles. The number of amides is 1. The van der Waals surface area contributed by atoms with Crippen molar-refractivity contribution >= 4 is 33.2 Å². The molecule has 1 amide bonds. The Hall–Kier alpha value is -2.20. The third-order valence-corrected chi connectivity index (χ3v) is 5.38. The lowest BCUT2D eigenvalue weighted by molar-refractivity contribution is -0.118. The topological polar surface area (TPSA) is 93.7 Å². The number of rotatable bonds is 9. The Balaban J connectivity index is 1.92. The van der Waals surface area contributed by atoms with Crippen molar-refractivity contribution in [3.63, 3.8) is 0 Å². The second-order valence-electron chi connectivity index (χ2n) is 5.91. The van der Waals surface area contributed by atoms with Crippen molar-refractivity contribution in [1.82, 2.24) is 4.72 Å². The van der Waals surface area contributed by atoms with Gasteiger partial charge in [0.05, 0.1) is 16.5 Å². The van der Waals surface area contributed by atoms with Gasteiger partial charge in [0, 0.05) is 24.9 Å². The van der Waals surface area contributed by atoms with Crippen LogP contribution >= 0.6 is 11.6 Å². The molecule has 2 aromatic rings. The van der Waals surface area contributed by atoms with Crippen molar-refractivity contribution in [3.05, 3.63) is 53.3 Å². The largest absolute Gasteiger partial charge is 0.484 e. The molecule has 0 bridgehead atoms. The van der Waals surface area contributed by atoms with E-state index >= 15 is 0 Å². The standard InChI is InChI=1S/C18H20ClFN2O5S/c1-12(10-26-2)22-28(24,25)15-6-3-13(4-7-15)21-18(23)11-27-14-5-8-17(20)16(19)9-14/h3-9,12,22H,10-11H2,1-2H3,(H,21,23)/t12-/m0/s1. The molecule has 0 heterocycles. The molecule has 0 aromatic heterocycles. The maximum Gasteiger partial charge on any atom is 0.262 e. The number of anilines is 1. The van der Waals surface area contributed by atoms with E-state index in [1.807, 2.05) is 0 Å². The van der Waals surface area contributed by atoms with Gasteiger partial charge in [-0.3, -0.25) is 4.79 Å². The number of ether oxygens (including phenoxy) is 2. The minimum absolute atomic E-state index is 0.0608. The average molecular weight is 431 g/mol. The number of sulfonamides is 1. The summed E-state index contributed by atoms with van der Waals surface area (Å²) < 4.78 is 50.2. The van der Waals surface area contributed by atoms with E-state index in [0.29, 0.717) is 5.69 Å². The summed E-state index contributed by atoms with van der Waals surface area (Å²) >= 11 is 5.64. The van der Waals surface area contributed by atoms with Crippen LogP contribution in [0, 0.1) is 5.82 Å². The highest BCUT2D eigenvalue weighted by Gasteiger charge is 2.17. The normalized spacial score (nSPS) is 12.4. The van der Waals surface area contributed by atoms with E-state index in [0.717, 1.165) is 6.07 Å². The quantitative estimate of drug-likeness (QED) is 0.638. The maximum atomic E-state index is 13.1. The van der Waals surface area contributed by atoms with Gasteiger partial charge >= 0.3 is 0 Å². The van der Waals surface area contributed by atoms with Crippen LogP contribution in [0.15, 0.2) is 47.4 Å². The first-order valence-electron chi connectivity index (χ1n) is 8.20. The van der Waals surface area contributed by atoms with E-state index < -0.39 is 21.7 Å². The van der Waals surface area contributed by atoms with Crippen LogP contribution in [-0.2, 0) is 19.6 Å². The van der Waals surface area contributed by atoms with Gasteiger partial charge in [0.2, 0.25) is 10.0 Å². The molecule has 0 unspecified atom stereocenters. The Morgan fingerprint density at radius 3 is 2.50 bits per heavy atom. The van der Waals surface area contributed by atoms with Crippen molar-refractivity contribution in [3.8, 4) is 5.75 Å². The summed E-state index contributed by atoms with van der Waals surface area (Å²) in [6, 6.07) is 9.04. The summed E-state index contributed by atoms with van der Waals surface area (Å²) in [7, 11) is -2.21. The fourth-order valence-electron chi connectivity index (χ4n) is 2.25. The molecule has 0 spiro atoms. The number of hydrogen-bond donors (Lipinski definition) is 2. The molecule has 0 saturated carbocycles. The van der Waals surface area contributed by atoms with E-state index in [1.54, 1.807) is 6.92 Å². The van der Waals surface area contributed by atoms with Gasteiger partial charge < -0.3 is 14.8 Å². The molecule has 7 nitrogen and oxygen atoms in total. The molecule has 10 heteroatoms. The van der Waals surface area contributed by atoms with E-state index in [2.05, 4.69) is 10.0 Å². The van der Waals surface area contributed by atoms with Crippen LogP contribution in [0.3, 0.4) is 0 Å². The monoisotopic (exact) mass is 430 g/mol. The van der Waals surface area contributed by atoms with Crippen LogP contribution in [0.25, 0.3) is 0 Å². The van der Waals surface area contributed by atoms with Crippen molar-refractivity contribution < 1.29 is 27.1 Å². The van der Waals surface area contributed by atoms with Gasteiger partial charge in [-0.15, -0.1) is 0 Å². The van der Waals surface area contributed by atoms with Crippen molar-refractivity contribution in [2.75, 3.05) is 25.6 Å². The van der Waals surface area contributed by atoms with Gasteiger partial charge in [0.25, 0.3) is 5.91 Å². The third kappa shape index (κ3) is 6.45. The highest BCUT2D eigenvalue weighted by Crippen LogP contribution is 2.21. The summed E-state index contributed by atoms with van der Waals surface area (Å²) in [6.07, 6.45) is 0. The summed E-state index contributed by atoms with van der Waals surface area (Å²) in [4.78, 5) is 12.0. The first kappa shape index (κ1) is 22.1. The Labute approximate surface area is 167 Å². The number of carbonyl (C=O) groups excluding carboxylic acids is 1. The van der Waals surface area contributed by atoms with Crippen molar-refractivity contribution in [1.29, 1.82) is 0 Å². The van der Waals surface area contributed by atoms with Crippen LogP contribution in [0.5, 0.6) is 5.75 Å². The van der Waals surface area contributed by atoms with Gasteiger partial charge in [0.1, 0.15) is 11.6 Å². The zero-order chi connectivity index (χ0) is 20.7. The first-order chi connectivity index (χ1) is 13.2. The Morgan fingerprint density at radius 2 is 1.89 bits per heavy atom. The predicted molar refractivity (Wildman–Crippen MR) is 104 cm³/mol. The molecule has 0 aliphatic heterocycles. The van der Waals surface area contributed by atoms with Gasteiger partial charge in [-0.2, -0.15) is 0 Å². The van der Waals surface area contributed by atoms with E-state index in [1.165, 1.54) is 43.5 Å². The number of hydrogen-bond acceptors (Lipinski definition) is 5. The van der Waals surface area contributed by atoms with E-state index in [9.17, 15) is 17.6 Å². The fraction of sp³-hybridized carbons (Fsp3) is 0.278. The van der Waals surface area contributed by atoms with Gasteiger partial charge in [0.15, 0.2) is 6.61 Å². The molecule has 28 heavy (non-hydrogen) atoms. The third-order valence-electron chi connectivity index (χ3n) is 3.48.